The van der Waals surface area contributed by atoms with Crippen LogP contribution in [0.3, 0.4) is 0 Å². The van der Waals surface area contributed by atoms with Crippen LogP contribution in [0.25, 0.3) is 0 Å². The Hall–Kier alpha value is -1.85. The molecule has 1 aliphatic heterocycles. The molecule has 0 spiro atoms. The lowest BCUT2D eigenvalue weighted by Gasteiger charge is -2.20. The molecule has 1 saturated heterocycles. The van der Waals surface area contributed by atoms with Crippen molar-refractivity contribution in [1.82, 2.24) is 10.2 Å². The molecule has 1 heterocycles. The van der Waals surface area contributed by atoms with Crippen LogP contribution < -0.4 is 5.32 Å². The first-order valence-electron chi connectivity index (χ1n) is 9.42. The zero-order chi connectivity index (χ0) is 18.3. The van der Waals surface area contributed by atoms with E-state index >= 15 is 0 Å². The summed E-state index contributed by atoms with van der Waals surface area (Å²) < 4.78 is 4.52. The molecule has 1 fully saturated rings. The molecule has 0 aromatic rings. The average molecular weight is 352 g/mol. The average Bonchev–Trinajstić information content (AvgIpc) is 2.82. The largest absolute Gasteiger partial charge is 0.469 e. The lowest BCUT2D eigenvalue weighted by atomic mass is 10.2. The van der Waals surface area contributed by atoms with Gasteiger partial charge in [0.15, 0.2) is 0 Å². The summed E-state index contributed by atoms with van der Waals surface area (Å²) >= 11 is 0. The van der Waals surface area contributed by atoms with Gasteiger partial charge in [0.25, 0.3) is 0 Å². The predicted octanol–water partition coefficient (Wildman–Crippen LogP) is 2.58. The number of allylic oxidation sites excluding steroid dienone is 1. The number of amides is 2. The van der Waals surface area contributed by atoms with Gasteiger partial charge in [0.1, 0.15) is 0 Å². The topological polar surface area (TPSA) is 75.7 Å². The molecule has 2 amide bonds. The fourth-order valence-electron chi connectivity index (χ4n) is 2.82. The third-order valence-electron chi connectivity index (χ3n) is 4.34. The first-order chi connectivity index (χ1) is 12.1. The van der Waals surface area contributed by atoms with E-state index < -0.39 is 0 Å². The second kappa shape index (κ2) is 13.4. The molecule has 0 aromatic carbocycles. The van der Waals surface area contributed by atoms with E-state index in [1.165, 1.54) is 19.6 Å². The number of nitrogens with one attached hydrogen (secondary N) is 1. The summed E-state index contributed by atoms with van der Waals surface area (Å²) in [5.41, 5.74) is 0. The Morgan fingerprint density at radius 1 is 1.16 bits per heavy atom. The van der Waals surface area contributed by atoms with Crippen LogP contribution in [0.4, 0.5) is 0 Å². The number of hydrogen-bond donors (Lipinski definition) is 1. The van der Waals surface area contributed by atoms with Crippen molar-refractivity contribution in [3.63, 3.8) is 0 Å². The summed E-state index contributed by atoms with van der Waals surface area (Å²) in [5, 5.41) is 2.83. The van der Waals surface area contributed by atoms with Gasteiger partial charge in [-0.05, 0) is 38.2 Å². The molecule has 0 atom stereocenters. The number of nitrogens with zero attached hydrogens (tertiary/aromatic N) is 1. The third-order valence-corrected chi connectivity index (χ3v) is 4.34. The molecule has 142 valence electrons. The van der Waals surface area contributed by atoms with Gasteiger partial charge in [0.05, 0.1) is 7.11 Å². The van der Waals surface area contributed by atoms with E-state index in [4.69, 9.17) is 0 Å². The molecule has 1 N–H and O–H groups in total. The maximum absolute atomic E-state index is 11.9. The van der Waals surface area contributed by atoms with Gasteiger partial charge in [-0.3, -0.25) is 14.4 Å². The summed E-state index contributed by atoms with van der Waals surface area (Å²) in [4.78, 5) is 36.3. The fourth-order valence-corrected chi connectivity index (χ4v) is 2.82. The molecule has 0 aliphatic carbocycles. The minimum atomic E-state index is -0.271. The van der Waals surface area contributed by atoms with Crippen LogP contribution in [0.2, 0.25) is 0 Å². The summed E-state index contributed by atoms with van der Waals surface area (Å²) in [6.45, 7) is 2.44. The smallest absolute Gasteiger partial charge is 0.305 e. The number of likely N-dealkylation sites (tertiary alicyclic amines) is 1. The summed E-state index contributed by atoms with van der Waals surface area (Å²) in [7, 11) is 1.35. The minimum absolute atomic E-state index is 0.125. The number of hydrogen-bond acceptors (Lipinski definition) is 4. The zero-order valence-corrected chi connectivity index (χ0v) is 15.4. The van der Waals surface area contributed by atoms with Crippen LogP contribution >= 0.6 is 0 Å². The number of esters is 1. The highest BCUT2D eigenvalue weighted by molar-refractivity contribution is 5.87. The number of unbranched alkanes of at least 4 members (excludes halogenated alkanes) is 3. The van der Waals surface area contributed by atoms with Crippen LogP contribution in [-0.2, 0) is 19.1 Å². The molecule has 0 saturated carbocycles. The Morgan fingerprint density at radius 2 is 1.96 bits per heavy atom. The van der Waals surface area contributed by atoms with E-state index in [9.17, 15) is 14.4 Å². The van der Waals surface area contributed by atoms with Crippen LogP contribution in [0.5, 0.6) is 0 Å². The van der Waals surface area contributed by atoms with Gasteiger partial charge in [-0.25, -0.2) is 0 Å². The summed E-state index contributed by atoms with van der Waals surface area (Å²) in [5.74, 6) is -0.0873. The molecule has 6 heteroatoms. The molecule has 25 heavy (non-hydrogen) atoms. The summed E-state index contributed by atoms with van der Waals surface area (Å²) in [6, 6.07) is 0. The van der Waals surface area contributed by atoms with E-state index in [1.54, 1.807) is 6.08 Å². The van der Waals surface area contributed by atoms with Crippen molar-refractivity contribution < 1.29 is 19.1 Å². The highest BCUT2D eigenvalue weighted by atomic mass is 16.5. The molecule has 1 aliphatic rings. The lowest BCUT2D eigenvalue weighted by Crippen LogP contribution is -2.31. The van der Waals surface area contributed by atoms with Gasteiger partial charge in [0, 0.05) is 32.5 Å². The third kappa shape index (κ3) is 10.6. The van der Waals surface area contributed by atoms with Gasteiger partial charge in [-0.2, -0.15) is 0 Å². The van der Waals surface area contributed by atoms with E-state index in [2.05, 4.69) is 10.1 Å². The maximum atomic E-state index is 11.9. The molecule has 1 rings (SSSR count). The van der Waals surface area contributed by atoms with Crippen LogP contribution in [0, 0.1) is 0 Å². The standard InChI is InChI=1S/C19H32N2O4/c1-25-19(24)13-7-6-11-17(22)20-14-8-2-3-9-15-21-16-10-4-5-12-18(21)23/h6,11H,2-5,7-10,12-16H2,1H3,(H,20,22)/b11-6-. The Bertz CT molecular complexity index is 449. The van der Waals surface area contributed by atoms with Crippen LogP contribution in [0.15, 0.2) is 12.2 Å². The van der Waals surface area contributed by atoms with Gasteiger partial charge in [-0.1, -0.05) is 25.3 Å². The Morgan fingerprint density at radius 3 is 2.76 bits per heavy atom. The number of carbonyl (C=O) groups is 3. The molecule has 0 bridgehead atoms. The van der Waals surface area contributed by atoms with Crippen molar-refractivity contribution in [1.29, 1.82) is 0 Å². The van der Waals surface area contributed by atoms with Crippen molar-refractivity contribution in [2.75, 3.05) is 26.7 Å². The maximum Gasteiger partial charge on any atom is 0.305 e. The van der Waals surface area contributed by atoms with Crippen molar-refractivity contribution in [2.24, 2.45) is 0 Å². The Balaban J connectivity index is 1.97. The highest BCUT2D eigenvalue weighted by Gasteiger charge is 2.15. The monoisotopic (exact) mass is 352 g/mol. The zero-order valence-electron chi connectivity index (χ0n) is 15.4. The van der Waals surface area contributed by atoms with E-state index in [-0.39, 0.29) is 11.9 Å². The Kier molecular flexibility index (Phi) is 11.4. The van der Waals surface area contributed by atoms with Crippen molar-refractivity contribution >= 4 is 17.8 Å². The van der Waals surface area contributed by atoms with Crippen LogP contribution in [-0.4, -0.2) is 49.4 Å². The molecule has 0 radical (unpaired) electrons. The van der Waals surface area contributed by atoms with E-state index in [0.717, 1.165) is 51.6 Å². The number of ether oxygens (including phenoxy) is 1. The second-order valence-corrected chi connectivity index (χ2v) is 6.41. The van der Waals surface area contributed by atoms with Crippen molar-refractivity contribution in [3.05, 3.63) is 12.2 Å². The van der Waals surface area contributed by atoms with Gasteiger partial charge in [-0.15, -0.1) is 0 Å². The number of carbonyl (C=O) groups excluding carboxylic acids is 3. The number of rotatable bonds is 11. The highest BCUT2D eigenvalue weighted by Crippen LogP contribution is 2.12. The fraction of sp³-hybridized carbons (Fsp3) is 0.737. The van der Waals surface area contributed by atoms with E-state index in [1.807, 2.05) is 4.90 Å². The van der Waals surface area contributed by atoms with Gasteiger partial charge in [0.2, 0.25) is 11.8 Å². The van der Waals surface area contributed by atoms with E-state index in [0.29, 0.717) is 31.7 Å². The summed E-state index contributed by atoms with van der Waals surface area (Å²) in [6.07, 6.45) is 12.1. The molecular formula is C19H32N2O4. The molecule has 6 nitrogen and oxygen atoms in total. The minimum Gasteiger partial charge on any atom is -0.469 e. The molecule has 0 aromatic heterocycles. The lowest BCUT2D eigenvalue weighted by molar-refractivity contribution is -0.140. The SMILES string of the molecule is COC(=O)CC/C=C\C(=O)NCCCCCCN1CCCCCC1=O. The number of methoxy groups -OCH3 is 1. The van der Waals surface area contributed by atoms with Crippen molar-refractivity contribution in [3.8, 4) is 0 Å². The van der Waals surface area contributed by atoms with Gasteiger partial charge >= 0.3 is 5.97 Å². The Labute approximate surface area is 151 Å². The first kappa shape index (κ1) is 21.2. The second-order valence-electron chi connectivity index (χ2n) is 6.41. The quantitative estimate of drug-likeness (QED) is 0.352. The molecule has 0 unspecified atom stereocenters. The first-order valence-corrected chi connectivity index (χ1v) is 9.42. The van der Waals surface area contributed by atoms with Gasteiger partial charge < -0.3 is 15.0 Å². The van der Waals surface area contributed by atoms with Crippen molar-refractivity contribution in [2.45, 2.75) is 64.2 Å². The molecular weight excluding hydrogens is 320 g/mol. The predicted molar refractivity (Wildman–Crippen MR) is 96.9 cm³/mol. The normalized spacial score (nSPS) is 15.2. The van der Waals surface area contributed by atoms with Crippen LogP contribution in [0.1, 0.15) is 64.2 Å².